The zero-order valence-electron chi connectivity index (χ0n) is 29.1. The standard InChI is InChI=1S/C32H42N6O15/c1-15-7-36(30(44)33-27(15)41)24-4-18(40)22(52-24)11-47-13-50-20-6-26(38-9-17(3)29(43)35-32(38)46)53-23(20)12-48-14-49-19-5-25(51-21(19)10-39)37-8-16(2)28(42)34-31(37)45/h7-9,18-26,39-40H,4-6,10-14H2,1-3H3,(H,33,41,44)(H,34,42,45)(H,35,43,46)/t18-,19-,20-,21+,22+,23+,24+,25+,26+/m0/s1. The van der Waals surface area contributed by atoms with Crippen LogP contribution in [0.5, 0.6) is 0 Å². The summed E-state index contributed by atoms with van der Waals surface area (Å²) in [7, 11) is 0. The molecule has 0 radical (unpaired) electrons. The first-order valence-electron chi connectivity index (χ1n) is 16.9. The van der Waals surface area contributed by atoms with Crippen molar-refractivity contribution < 1.29 is 43.4 Å². The van der Waals surface area contributed by atoms with E-state index in [1.54, 1.807) is 20.8 Å². The van der Waals surface area contributed by atoms with Gasteiger partial charge in [0.1, 0.15) is 50.6 Å². The quantitative estimate of drug-likeness (QED) is 0.0842. The molecule has 3 aromatic heterocycles. The van der Waals surface area contributed by atoms with Gasteiger partial charge in [0.15, 0.2) is 0 Å². The molecule has 3 fully saturated rings. The maximum atomic E-state index is 12.6. The number of hydrogen-bond donors (Lipinski definition) is 5. The zero-order valence-corrected chi connectivity index (χ0v) is 29.1. The van der Waals surface area contributed by atoms with Crippen LogP contribution in [0.25, 0.3) is 0 Å². The van der Waals surface area contributed by atoms with Crippen LogP contribution in [0.1, 0.15) is 54.6 Å². The minimum absolute atomic E-state index is 0.0723. The van der Waals surface area contributed by atoms with Gasteiger partial charge in [-0.3, -0.25) is 43.0 Å². The highest BCUT2D eigenvalue weighted by molar-refractivity contribution is 5.04. The topological polar surface area (TPSA) is 270 Å². The van der Waals surface area contributed by atoms with Gasteiger partial charge in [-0.15, -0.1) is 0 Å². The van der Waals surface area contributed by atoms with Crippen molar-refractivity contribution in [2.45, 2.75) is 95.3 Å². The van der Waals surface area contributed by atoms with E-state index in [0.717, 1.165) is 0 Å². The van der Waals surface area contributed by atoms with Crippen molar-refractivity contribution in [1.82, 2.24) is 28.7 Å². The van der Waals surface area contributed by atoms with Gasteiger partial charge >= 0.3 is 17.1 Å². The van der Waals surface area contributed by atoms with Gasteiger partial charge in [0.2, 0.25) is 0 Å². The highest BCUT2D eigenvalue weighted by Gasteiger charge is 2.40. The Balaban J connectivity index is 1.04. The molecule has 0 amide bonds. The Labute approximate surface area is 298 Å². The maximum absolute atomic E-state index is 12.6. The molecule has 3 saturated heterocycles. The van der Waals surface area contributed by atoms with Crippen LogP contribution in [0.3, 0.4) is 0 Å². The fraction of sp³-hybridized carbons (Fsp3) is 0.625. The molecule has 0 saturated carbocycles. The fourth-order valence-electron chi connectivity index (χ4n) is 6.44. The minimum atomic E-state index is -0.970. The van der Waals surface area contributed by atoms with Crippen LogP contribution in [-0.4, -0.2) is 109 Å². The zero-order chi connectivity index (χ0) is 38.0. The van der Waals surface area contributed by atoms with Crippen molar-refractivity contribution in [3.05, 3.63) is 97.8 Å². The average molecular weight is 751 g/mol. The number of aliphatic hydroxyl groups is 2. The monoisotopic (exact) mass is 750 g/mol. The lowest BCUT2D eigenvalue weighted by molar-refractivity contribution is -0.163. The van der Waals surface area contributed by atoms with E-state index in [1.807, 2.05) is 0 Å². The molecule has 0 unspecified atom stereocenters. The first-order valence-corrected chi connectivity index (χ1v) is 16.9. The van der Waals surface area contributed by atoms with Gasteiger partial charge < -0.3 is 43.4 Å². The minimum Gasteiger partial charge on any atom is -0.394 e. The highest BCUT2D eigenvalue weighted by atomic mass is 16.7. The molecule has 3 aromatic rings. The smallest absolute Gasteiger partial charge is 0.330 e. The fourth-order valence-corrected chi connectivity index (χ4v) is 6.44. The lowest BCUT2D eigenvalue weighted by atomic mass is 10.2. The molecule has 290 valence electrons. The summed E-state index contributed by atoms with van der Waals surface area (Å²) in [5, 5.41) is 20.4. The summed E-state index contributed by atoms with van der Waals surface area (Å²) in [6.07, 6.45) is -2.52. The number of aromatic amines is 3. The molecule has 0 aliphatic carbocycles. The summed E-state index contributed by atoms with van der Waals surface area (Å²) in [6, 6.07) is 0. The van der Waals surface area contributed by atoms with Crippen LogP contribution in [0.2, 0.25) is 0 Å². The summed E-state index contributed by atoms with van der Waals surface area (Å²) >= 11 is 0. The SMILES string of the molecule is Cc1cn([C@H]2C[C@H](OCOC[C@H]3O[C@@H](n4cc(C)c(=O)[nH]c4=O)C[C@@H]3OCOC[C@H]3O[C@@H](n4cc(C)c(=O)[nH]c4=O)C[C@@H]3O)[C@@H](CO)O2)c(=O)[nH]c1=O. The number of aliphatic hydroxyl groups excluding tert-OH is 2. The Morgan fingerprint density at radius 1 is 0.623 bits per heavy atom. The van der Waals surface area contributed by atoms with Gasteiger partial charge in [0.05, 0.1) is 38.1 Å². The van der Waals surface area contributed by atoms with Crippen molar-refractivity contribution in [3.8, 4) is 0 Å². The Hall–Kier alpha value is -4.32. The Kier molecular flexibility index (Phi) is 11.9. The van der Waals surface area contributed by atoms with E-state index < -0.39 is 95.7 Å². The highest BCUT2D eigenvalue weighted by Crippen LogP contribution is 2.32. The molecular formula is C32H42N6O15. The van der Waals surface area contributed by atoms with Gasteiger partial charge in [0.25, 0.3) is 16.7 Å². The van der Waals surface area contributed by atoms with Crippen molar-refractivity contribution in [2.24, 2.45) is 0 Å². The molecule has 21 heteroatoms. The second-order valence-electron chi connectivity index (χ2n) is 13.2. The molecule has 5 N–H and O–H groups in total. The predicted octanol–water partition coefficient (Wildman–Crippen LogP) is -2.50. The molecule has 6 rings (SSSR count). The molecule has 0 spiro atoms. The number of rotatable bonds is 14. The van der Waals surface area contributed by atoms with E-state index in [2.05, 4.69) is 15.0 Å². The number of H-pyrrole nitrogens is 3. The maximum Gasteiger partial charge on any atom is 0.330 e. The number of ether oxygens (including phenoxy) is 7. The number of aryl methyl sites for hydroxylation is 3. The largest absolute Gasteiger partial charge is 0.394 e. The molecule has 0 aromatic carbocycles. The van der Waals surface area contributed by atoms with Crippen molar-refractivity contribution in [2.75, 3.05) is 33.4 Å². The first-order chi connectivity index (χ1) is 25.3. The number of nitrogens with zero attached hydrogens (tertiary/aromatic N) is 3. The summed E-state index contributed by atoms with van der Waals surface area (Å²) in [5.74, 6) is 0. The predicted molar refractivity (Wildman–Crippen MR) is 178 cm³/mol. The molecule has 21 nitrogen and oxygen atoms in total. The third-order valence-electron chi connectivity index (χ3n) is 9.41. The van der Waals surface area contributed by atoms with Crippen LogP contribution < -0.4 is 33.7 Å². The lowest BCUT2D eigenvalue weighted by Crippen LogP contribution is -2.34. The van der Waals surface area contributed by atoms with Crippen LogP contribution in [0.4, 0.5) is 0 Å². The third-order valence-corrected chi connectivity index (χ3v) is 9.41. The third kappa shape index (κ3) is 8.58. The summed E-state index contributed by atoms with van der Waals surface area (Å²) < 4.78 is 44.7. The van der Waals surface area contributed by atoms with Crippen molar-refractivity contribution in [1.29, 1.82) is 0 Å². The second-order valence-corrected chi connectivity index (χ2v) is 13.2. The number of nitrogens with one attached hydrogen (secondary N) is 3. The van der Waals surface area contributed by atoms with E-state index in [0.29, 0.717) is 16.7 Å². The van der Waals surface area contributed by atoms with Gasteiger partial charge in [-0.1, -0.05) is 0 Å². The molecule has 9 atom stereocenters. The lowest BCUT2D eigenvalue weighted by Gasteiger charge is -2.21. The summed E-state index contributed by atoms with van der Waals surface area (Å²) in [4.78, 5) is 79.5. The first kappa shape index (κ1) is 38.4. The van der Waals surface area contributed by atoms with Gasteiger partial charge in [-0.2, -0.15) is 0 Å². The Morgan fingerprint density at radius 3 is 1.45 bits per heavy atom. The summed E-state index contributed by atoms with van der Waals surface area (Å²) in [5.41, 5.74) is -2.63. The average Bonchev–Trinajstić information content (AvgIpc) is 3.82. The number of aromatic nitrogens is 6. The molecule has 0 bridgehead atoms. The van der Waals surface area contributed by atoms with E-state index >= 15 is 0 Å². The molecular weight excluding hydrogens is 708 g/mol. The molecule has 53 heavy (non-hydrogen) atoms. The Bertz CT molecular complexity index is 2120. The Morgan fingerprint density at radius 2 is 1.00 bits per heavy atom. The van der Waals surface area contributed by atoms with Gasteiger partial charge in [-0.25, -0.2) is 14.4 Å². The van der Waals surface area contributed by atoms with E-state index in [1.165, 1.54) is 32.3 Å². The molecule has 3 aliphatic rings. The van der Waals surface area contributed by atoms with Crippen LogP contribution in [-0.2, 0) is 33.2 Å². The van der Waals surface area contributed by atoms with E-state index in [4.69, 9.17) is 33.2 Å². The van der Waals surface area contributed by atoms with Crippen molar-refractivity contribution >= 4 is 0 Å². The van der Waals surface area contributed by atoms with Gasteiger partial charge in [0, 0.05) is 54.5 Å². The molecule has 6 heterocycles. The molecule has 3 aliphatic heterocycles. The van der Waals surface area contributed by atoms with Crippen LogP contribution in [0.15, 0.2) is 47.4 Å². The van der Waals surface area contributed by atoms with Crippen LogP contribution >= 0.6 is 0 Å². The van der Waals surface area contributed by atoms with Crippen LogP contribution in [0, 0.1) is 20.8 Å². The second kappa shape index (κ2) is 16.4. The van der Waals surface area contributed by atoms with E-state index in [-0.39, 0.29) is 46.1 Å². The summed E-state index contributed by atoms with van der Waals surface area (Å²) in [6.45, 7) is 3.54. The number of hydrogen-bond acceptors (Lipinski definition) is 15. The van der Waals surface area contributed by atoms with E-state index in [9.17, 15) is 39.0 Å². The van der Waals surface area contributed by atoms with Gasteiger partial charge in [-0.05, 0) is 20.8 Å². The van der Waals surface area contributed by atoms with Crippen molar-refractivity contribution in [3.63, 3.8) is 0 Å². The normalized spacial score (nSPS) is 28.6.